The average molecular weight is 1930 g/mol. The summed E-state index contributed by atoms with van der Waals surface area (Å²) in [6.07, 6.45) is 2.05. The van der Waals surface area contributed by atoms with E-state index in [1.807, 2.05) is 72.8 Å². The van der Waals surface area contributed by atoms with Crippen LogP contribution in [0.3, 0.4) is 0 Å². The number of benzene rings is 18. The molecule has 12 heteroatoms. The lowest BCUT2D eigenvalue weighted by atomic mass is 9.82. The van der Waals surface area contributed by atoms with E-state index in [1.165, 1.54) is 0 Å². The fourth-order valence-corrected chi connectivity index (χ4v) is 23.3. The van der Waals surface area contributed by atoms with Gasteiger partial charge in [-0.05, 0) is 324 Å². The molecule has 16 aliphatic rings. The molecule has 0 amide bonds. The summed E-state index contributed by atoms with van der Waals surface area (Å²) in [6.45, 7) is 0. The highest BCUT2D eigenvalue weighted by Crippen LogP contribution is 2.52. The van der Waals surface area contributed by atoms with E-state index in [-0.39, 0.29) is 0 Å². The van der Waals surface area contributed by atoms with Gasteiger partial charge >= 0.3 is 0 Å². The Labute approximate surface area is 856 Å². The zero-order valence-electron chi connectivity index (χ0n) is 80.7. The minimum Gasteiger partial charge on any atom is -0.456 e. The van der Waals surface area contributed by atoms with Crippen LogP contribution in [0.4, 0.5) is 0 Å². The molecule has 12 aromatic heterocycles. The highest BCUT2D eigenvalue weighted by Gasteiger charge is 2.33. The lowest BCUT2D eigenvalue weighted by Crippen LogP contribution is -2.05. The molecule has 0 fully saturated rings. The lowest BCUT2D eigenvalue weighted by Gasteiger charge is -2.22. The summed E-state index contributed by atoms with van der Waals surface area (Å²) in [4.78, 5) is 0. The highest BCUT2D eigenvalue weighted by molar-refractivity contribution is 5.98. The molecule has 18 aromatic carbocycles. The number of hydrogen-bond donors (Lipinski definition) is 0. The van der Waals surface area contributed by atoms with E-state index in [1.54, 1.807) is 0 Å². The van der Waals surface area contributed by atoms with Gasteiger partial charge in [0.15, 0.2) is 0 Å². The maximum Gasteiger partial charge on any atom is 0.135 e. The van der Waals surface area contributed by atoms with E-state index >= 15 is 0 Å². The quantitative estimate of drug-likeness (QED) is 0.114. The van der Waals surface area contributed by atoms with Crippen molar-refractivity contribution in [2.24, 2.45) is 0 Å². The summed E-state index contributed by atoms with van der Waals surface area (Å²) in [5.41, 5.74) is 31.1. The molecule has 12 nitrogen and oxygen atoms in total. The number of para-hydroxylation sites is 12. The van der Waals surface area contributed by atoms with Crippen LogP contribution in [-0.2, 0) is 38.5 Å². The molecule has 0 saturated heterocycles. The van der Waals surface area contributed by atoms with Crippen molar-refractivity contribution < 1.29 is 53.0 Å². The van der Waals surface area contributed by atoms with Gasteiger partial charge in [-0.3, -0.25) is 0 Å². The van der Waals surface area contributed by atoms with Gasteiger partial charge in [-0.2, -0.15) is 0 Å². The third-order valence-corrected chi connectivity index (χ3v) is 30.6. The van der Waals surface area contributed by atoms with E-state index in [4.69, 9.17) is 53.0 Å². The van der Waals surface area contributed by atoms with Crippen molar-refractivity contribution >= 4 is 132 Å². The second kappa shape index (κ2) is 34.0. The van der Waals surface area contributed by atoms with Gasteiger partial charge in [0.1, 0.15) is 136 Å². The summed E-state index contributed by atoms with van der Waals surface area (Å²) < 4.78 is 88.1. The topological polar surface area (TPSA) is 158 Å². The molecule has 16 aliphatic carbocycles. The fraction of sp³-hybridized carbons (Fsp3) is 0.0435. The first-order valence-electron chi connectivity index (χ1n) is 50.9. The molecule has 0 saturated carbocycles. The number of furan rings is 12. The van der Waals surface area contributed by atoms with E-state index in [0.29, 0.717) is 108 Å². The molecule has 12 heterocycles. The molecule has 0 radical (unpaired) electrons. The van der Waals surface area contributed by atoms with E-state index in [9.17, 15) is 0 Å². The van der Waals surface area contributed by atoms with Crippen LogP contribution in [0.2, 0.25) is 0 Å². The molecular weight excluding hydrogens is 1850 g/mol. The van der Waals surface area contributed by atoms with Gasteiger partial charge in [0.05, 0.1) is 0 Å². The minimum absolute atomic E-state index is 0.341. The predicted molar refractivity (Wildman–Crippen MR) is 598 cm³/mol. The van der Waals surface area contributed by atoms with Crippen LogP contribution in [0.25, 0.3) is 268 Å². The zero-order chi connectivity index (χ0) is 98.3. The van der Waals surface area contributed by atoms with E-state index in [2.05, 4.69) is 364 Å². The molecule has 30 aromatic rings. The maximum absolute atomic E-state index is 7.34. The Kier molecular flexibility index (Phi) is 19.3. The second-order valence-electron chi connectivity index (χ2n) is 39.8. The first-order valence-corrected chi connectivity index (χ1v) is 50.9. The van der Waals surface area contributed by atoms with Crippen molar-refractivity contribution in [3.63, 3.8) is 0 Å². The Bertz CT molecular complexity index is 8190. The summed E-state index contributed by atoms with van der Waals surface area (Å²) in [7, 11) is 0. The monoisotopic (exact) mass is 1930 g/mol. The first-order chi connectivity index (χ1) is 74.1. The lowest BCUT2D eigenvalue weighted by molar-refractivity contribution is 0.626. The van der Waals surface area contributed by atoms with Crippen molar-refractivity contribution in [2.75, 3.05) is 0 Å². The van der Waals surface area contributed by atoms with Crippen molar-refractivity contribution in [2.45, 2.75) is 38.5 Å². The summed E-state index contributed by atoms with van der Waals surface area (Å²) >= 11 is 0. The molecule has 0 N–H and O–H groups in total. The van der Waals surface area contributed by atoms with E-state index in [0.717, 1.165) is 265 Å². The summed E-state index contributed by atoms with van der Waals surface area (Å²) in [5.74, 6) is 8.27. The van der Waals surface area contributed by atoms with Gasteiger partial charge in [-0.25, -0.2) is 0 Å². The van der Waals surface area contributed by atoms with Gasteiger partial charge in [0.2, 0.25) is 0 Å². The molecule has 0 spiro atoms. The number of hydrogen-bond acceptors (Lipinski definition) is 12. The third kappa shape index (κ3) is 14.7. The summed E-state index contributed by atoms with van der Waals surface area (Å²) in [6, 6.07) is 154. The Morgan fingerprint density at radius 2 is 0.173 bits per heavy atom. The van der Waals surface area contributed by atoms with Gasteiger partial charge in [0, 0.05) is 131 Å². The van der Waals surface area contributed by atoms with E-state index < -0.39 is 0 Å². The Hall–Kier alpha value is -19.6. The molecule has 0 atom stereocenters. The largest absolute Gasteiger partial charge is 0.456 e. The standard InChI is InChI=1S/C138H84O12/c1-13-37-115-79(25-1)67-127(139-115)103-55-92-50-94-58-108(132-72-84-30-6-18-42-120(84)144-132)96(60-107(94)131-71-83-29-5-17-41-119(83)143-131)52-98-62-112(136-76-88-34-10-22-46-124(88)148-136)100(64-111(98)135-75-87-33-9-21-45-123(87)147-135)54-102-66-113(137-77-89-35-11-23-47-125(89)149-137)101(65-114(102)138-78-90-36-12-24-48-126(90)150-138)53-99-63-109(133-73-85-31-7-19-43-121(85)145-133)97(61-110(99)134-74-86-32-8-20-44-122(86)146-134)51-95-59-105(129-69-81-27-3-15-39-117(81)141-129)93(57-106(95)130-70-82-28-4-16-40-118(82)142-130)49-91(103)56-104(92)128-68-80-26-2-14-38-116(80)140-128/h1-48,55-78H,49-54H2. The van der Waals surface area contributed by atoms with Crippen LogP contribution in [0.5, 0.6) is 0 Å². The van der Waals surface area contributed by atoms with Gasteiger partial charge in [-0.15, -0.1) is 0 Å². The van der Waals surface area contributed by atoms with Crippen LogP contribution in [-0.4, -0.2) is 0 Å². The van der Waals surface area contributed by atoms with Crippen molar-refractivity contribution in [3.05, 3.63) is 504 Å². The molecule has 150 heavy (non-hydrogen) atoms. The maximum atomic E-state index is 7.34. The van der Waals surface area contributed by atoms with Crippen molar-refractivity contribution in [3.8, 4) is 136 Å². The average Bonchev–Trinajstić information content (AvgIpc) is 1.59. The van der Waals surface area contributed by atoms with Gasteiger partial charge in [-0.1, -0.05) is 218 Å². The fourth-order valence-electron chi connectivity index (χ4n) is 23.3. The number of fused-ring (bicyclic) bond motifs is 12. The molecule has 0 aliphatic heterocycles. The molecule has 46 rings (SSSR count). The molecular formula is C138H84O12. The molecule has 708 valence electrons. The molecule has 12 bridgehead atoms. The summed E-state index contributed by atoms with van der Waals surface area (Å²) in [5, 5.41) is 11.5. The third-order valence-electron chi connectivity index (χ3n) is 30.6. The normalized spacial score (nSPS) is 12.6. The Balaban J connectivity index is 0.731. The van der Waals surface area contributed by atoms with Crippen molar-refractivity contribution in [1.29, 1.82) is 0 Å². The smallest absolute Gasteiger partial charge is 0.135 e. The second-order valence-corrected chi connectivity index (χ2v) is 39.8. The highest BCUT2D eigenvalue weighted by atomic mass is 16.4. The minimum atomic E-state index is 0.341. The Morgan fingerprint density at radius 3 is 0.253 bits per heavy atom. The molecule has 0 unspecified atom stereocenters. The van der Waals surface area contributed by atoms with Gasteiger partial charge < -0.3 is 53.0 Å². The van der Waals surface area contributed by atoms with Crippen LogP contribution < -0.4 is 0 Å². The zero-order valence-corrected chi connectivity index (χ0v) is 80.7. The first kappa shape index (κ1) is 84.9. The van der Waals surface area contributed by atoms with Crippen LogP contribution in [0, 0.1) is 0 Å². The van der Waals surface area contributed by atoms with Crippen LogP contribution >= 0.6 is 0 Å². The Morgan fingerprint density at radius 1 is 0.0933 bits per heavy atom. The van der Waals surface area contributed by atoms with Crippen molar-refractivity contribution in [1.82, 2.24) is 0 Å². The van der Waals surface area contributed by atoms with Crippen LogP contribution in [0.1, 0.15) is 66.8 Å². The van der Waals surface area contributed by atoms with Crippen LogP contribution in [0.15, 0.2) is 490 Å². The van der Waals surface area contributed by atoms with Gasteiger partial charge in [0.25, 0.3) is 0 Å². The SMILES string of the molecule is c1ccc2oc(-c3cc4c(-c5cc6ccccc6o5)cc3Cc3cc(-c5cc6ccccc6o5)c(cc3-c3cc5ccccc5o3)Cc3cc(-c5cc6ccccc6o5)c(cc3-c3cc5ccccc5o3)Cc3cc(-c5cc6ccccc6o5)c(cc3-c3cc5ccccc5o3)Cc3cc(-c5cc6ccccc6o5)c(cc3-c3cc5ccccc5o3)Cc3cc(-c5cc6ccccc6o5)c(cc3-c3cc5ccccc5o3)C4)cc2c1. The predicted octanol–water partition coefficient (Wildman–Crippen LogP) is 38.5. The number of rotatable bonds is 12.